The molecule has 1 unspecified atom stereocenters. The second kappa shape index (κ2) is 7.87. The number of halogens is 1. The van der Waals surface area contributed by atoms with Gasteiger partial charge in [0.05, 0.1) is 12.2 Å². The summed E-state index contributed by atoms with van der Waals surface area (Å²) in [6, 6.07) is 0. The molecule has 0 aliphatic heterocycles. The molecular weight excluding hydrogens is 346 g/mol. The van der Waals surface area contributed by atoms with Crippen LogP contribution >= 0.6 is 22.9 Å². The van der Waals surface area contributed by atoms with Crippen LogP contribution < -0.4 is 5.32 Å². The van der Waals surface area contributed by atoms with Crippen LogP contribution in [-0.2, 0) is 22.4 Å². The lowest BCUT2D eigenvalue weighted by Gasteiger charge is -2.33. The Morgan fingerprint density at radius 2 is 2.08 bits per heavy atom. The molecule has 0 radical (unpaired) electrons. The summed E-state index contributed by atoms with van der Waals surface area (Å²) in [4.78, 5) is 25.6. The molecule has 1 N–H and O–H groups in total. The quantitative estimate of drug-likeness (QED) is 0.605. The highest BCUT2D eigenvalue weighted by Gasteiger charge is 2.34. The number of anilines is 1. The fourth-order valence-electron chi connectivity index (χ4n) is 3.11. The molecule has 2 rings (SSSR count). The summed E-state index contributed by atoms with van der Waals surface area (Å²) in [5, 5.41) is 3.47. The zero-order valence-corrected chi connectivity index (χ0v) is 16.4. The molecule has 0 spiro atoms. The number of carbonyl (C=O) groups is 2. The summed E-state index contributed by atoms with van der Waals surface area (Å²) in [7, 11) is 0. The van der Waals surface area contributed by atoms with Gasteiger partial charge in [0.1, 0.15) is 5.00 Å². The molecule has 1 aliphatic carbocycles. The topological polar surface area (TPSA) is 55.4 Å². The Balaban J connectivity index is 2.35. The second-order valence-corrected chi connectivity index (χ2v) is 8.70. The SMILES string of the molecule is CCOC(=O)c1c(NC(=O)CCCl)sc2c1CCC(C(C)(C)C)C2. The van der Waals surface area contributed by atoms with E-state index < -0.39 is 0 Å². The van der Waals surface area contributed by atoms with Crippen molar-refractivity contribution < 1.29 is 14.3 Å². The Morgan fingerprint density at radius 3 is 2.67 bits per heavy atom. The largest absolute Gasteiger partial charge is 0.462 e. The van der Waals surface area contributed by atoms with E-state index in [9.17, 15) is 9.59 Å². The van der Waals surface area contributed by atoms with Gasteiger partial charge in [-0.1, -0.05) is 20.8 Å². The van der Waals surface area contributed by atoms with Crippen molar-refractivity contribution in [2.75, 3.05) is 17.8 Å². The minimum absolute atomic E-state index is 0.165. The smallest absolute Gasteiger partial charge is 0.341 e. The molecule has 1 amide bonds. The first-order valence-corrected chi connectivity index (χ1v) is 9.80. The highest BCUT2D eigenvalue weighted by molar-refractivity contribution is 7.17. The first-order valence-electron chi connectivity index (χ1n) is 8.45. The normalized spacial score (nSPS) is 17.3. The van der Waals surface area contributed by atoms with Crippen LogP contribution in [0.15, 0.2) is 0 Å². The zero-order valence-electron chi connectivity index (χ0n) is 14.8. The number of ether oxygens (including phenoxy) is 1. The maximum atomic E-state index is 12.4. The minimum Gasteiger partial charge on any atom is -0.462 e. The number of rotatable bonds is 5. The molecule has 1 aromatic rings. The van der Waals surface area contributed by atoms with Crippen LogP contribution in [-0.4, -0.2) is 24.4 Å². The van der Waals surface area contributed by atoms with Crippen LogP contribution in [0.3, 0.4) is 0 Å². The lowest BCUT2D eigenvalue weighted by atomic mass is 9.72. The number of thiophene rings is 1. The molecule has 4 nitrogen and oxygen atoms in total. The number of alkyl halides is 1. The number of esters is 1. The summed E-state index contributed by atoms with van der Waals surface area (Å²) in [6.07, 6.45) is 3.08. The Labute approximate surface area is 152 Å². The van der Waals surface area contributed by atoms with Gasteiger partial charge in [0.2, 0.25) is 5.91 Å². The van der Waals surface area contributed by atoms with Crippen LogP contribution in [0, 0.1) is 11.3 Å². The minimum atomic E-state index is -0.342. The Bertz CT molecular complexity index is 619. The van der Waals surface area contributed by atoms with Crippen molar-refractivity contribution in [3.05, 3.63) is 16.0 Å². The Morgan fingerprint density at radius 1 is 1.38 bits per heavy atom. The fraction of sp³-hybridized carbons (Fsp3) is 0.667. The molecule has 6 heteroatoms. The average Bonchev–Trinajstić information content (AvgIpc) is 2.83. The van der Waals surface area contributed by atoms with Crippen molar-refractivity contribution in [1.82, 2.24) is 0 Å². The molecule has 1 aliphatic rings. The first-order chi connectivity index (χ1) is 11.3. The van der Waals surface area contributed by atoms with E-state index >= 15 is 0 Å². The fourth-order valence-corrected chi connectivity index (χ4v) is 4.61. The van der Waals surface area contributed by atoms with Crippen molar-refractivity contribution in [2.45, 2.75) is 53.4 Å². The van der Waals surface area contributed by atoms with Gasteiger partial charge in [-0.2, -0.15) is 0 Å². The third-order valence-corrected chi connectivity index (χ3v) is 5.90. The number of hydrogen-bond acceptors (Lipinski definition) is 4. The van der Waals surface area contributed by atoms with Gasteiger partial charge in [-0.05, 0) is 43.1 Å². The average molecular weight is 372 g/mol. The molecule has 1 atom stereocenters. The van der Waals surface area contributed by atoms with E-state index in [1.165, 1.54) is 16.2 Å². The third-order valence-electron chi connectivity index (χ3n) is 4.54. The van der Waals surface area contributed by atoms with Gasteiger partial charge in [-0.25, -0.2) is 4.79 Å². The van der Waals surface area contributed by atoms with Gasteiger partial charge < -0.3 is 10.1 Å². The van der Waals surface area contributed by atoms with Crippen molar-refractivity contribution in [1.29, 1.82) is 0 Å². The van der Waals surface area contributed by atoms with Gasteiger partial charge in [0.25, 0.3) is 0 Å². The van der Waals surface area contributed by atoms with E-state index in [2.05, 4.69) is 26.1 Å². The van der Waals surface area contributed by atoms with E-state index in [1.807, 2.05) is 0 Å². The first kappa shape index (κ1) is 19.3. The van der Waals surface area contributed by atoms with Crippen LogP contribution in [0.1, 0.15) is 61.3 Å². The summed E-state index contributed by atoms with van der Waals surface area (Å²) < 4.78 is 5.22. The highest BCUT2D eigenvalue weighted by atomic mass is 35.5. The van der Waals surface area contributed by atoms with E-state index in [1.54, 1.807) is 6.92 Å². The Kier molecular flexibility index (Phi) is 6.32. The summed E-state index contributed by atoms with van der Waals surface area (Å²) in [5.74, 6) is 0.328. The maximum absolute atomic E-state index is 12.4. The molecular formula is C18H26ClNO3S. The predicted octanol–water partition coefficient (Wildman–Crippen LogP) is 4.64. The molecule has 0 fully saturated rings. The van der Waals surface area contributed by atoms with Crippen molar-refractivity contribution in [3.8, 4) is 0 Å². The maximum Gasteiger partial charge on any atom is 0.341 e. The number of carbonyl (C=O) groups excluding carboxylic acids is 2. The molecule has 24 heavy (non-hydrogen) atoms. The van der Waals surface area contributed by atoms with E-state index in [-0.39, 0.29) is 29.6 Å². The lowest BCUT2D eigenvalue weighted by molar-refractivity contribution is -0.115. The molecule has 1 aromatic heterocycles. The third kappa shape index (κ3) is 4.31. The number of hydrogen-bond donors (Lipinski definition) is 1. The van der Waals surface area contributed by atoms with Crippen LogP contribution in [0.4, 0.5) is 5.00 Å². The molecule has 0 saturated carbocycles. The van der Waals surface area contributed by atoms with Crippen LogP contribution in [0.2, 0.25) is 0 Å². The van der Waals surface area contributed by atoms with Crippen LogP contribution in [0.25, 0.3) is 0 Å². The number of nitrogens with one attached hydrogen (secondary N) is 1. The number of amides is 1. The van der Waals surface area contributed by atoms with E-state index in [0.29, 0.717) is 23.1 Å². The molecule has 0 bridgehead atoms. The Hall–Kier alpha value is -1.07. The highest BCUT2D eigenvalue weighted by Crippen LogP contribution is 2.44. The summed E-state index contributed by atoms with van der Waals surface area (Å²) >= 11 is 7.15. The van der Waals surface area contributed by atoms with Crippen LogP contribution in [0.5, 0.6) is 0 Å². The van der Waals surface area contributed by atoms with Crippen molar-refractivity contribution in [3.63, 3.8) is 0 Å². The van der Waals surface area contributed by atoms with Gasteiger partial charge in [-0.15, -0.1) is 22.9 Å². The van der Waals surface area contributed by atoms with Crippen molar-refractivity contribution in [2.24, 2.45) is 11.3 Å². The number of fused-ring (bicyclic) bond motifs is 1. The molecule has 0 aromatic carbocycles. The summed E-state index contributed by atoms with van der Waals surface area (Å²) in [5.41, 5.74) is 1.83. The second-order valence-electron chi connectivity index (χ2n) is 7.22. The standard InChI is InChI=1S/C18H26ClNO3S/c1-5-23-17(22)15-12-7-6-11(18(2,3)4)10-13(12)24-16(15)20-14(21)8-9-19/h11H,5-10H2,1-4H3,(H,20,21). The molecule has 134 valence electrons. The van der Waals surface area contributed by atoms with Crippen molar-refractivity contribution >= 4 is 39.8 Å². The van der Waals surface area contributed by atoms with E-state index in [4.69, 9.17) is 16.3 Å². The molecule has 1 heterocycles. The predicted molar refractivity (Wildman–Crippen MR) is 99.2 cm³/mol. The van der Waals surface area contributed by atoms with E-state index in [0.717, 1.165) is 24.8 Å². The zero-order chi connectivity index (χ0) is 17.9. The van der Waals surface area contributed by atoms with Gasteiger partial charge >= 0.3 is 5.97 Å². The monoisotopic (exact) mass is 371 g/mol. The van der Waals surface area contributed by atoms with Gasteiger partial charge in [0.15, 0.2) is 0 Å². The van der Waals surface area contributed by atoms with Gasteiger partial charge in [-0.3, -0.25) is 4.79 Å². The lowest BCUT2D eigenvalue weighted by Crippen LogP contribution is -2.26. The molecule has 0 saturated heterocycles. The van der Waals surface area contributed by atoms with Gasteiger partial charge in [0, 0.05) is 17.2 Å². The summed E-state index contributed by atoms with van der Waals surface area (Å²) in [6.45, 7) is 8.88.